The van der Waals surface area contributed by atoms with Gasteiger partial charge in [0.2, 0.25) is 5.95 Å². The van der Waals surface area contributed by atoms with E-state index in [4.69, 9.17) is 5.73 Å². The molecule has 0 aromatic carbocycles. The van der Waals surface area contributed by atoms with E-state index in [0.717, 1.165) is 22.2 Å². The molecule has 0 atom stereocenters. The molecule has 102 valence electrons. The Balaban J connectivity index is 1.85. The largest absolute Gasteiger partial charge is 0.368 e. The van der Waals surface area contributed by atoms with Crippen LogP contribution in [0.1, 0.15) is 37.5 Å². The van der Waals surface area contributed by atoms with Crippen LogP contribution in [-0.2, 0) is 6.42 Å². The van der Waals surface area contributed by atoms with Crippen LogP contribution in [0, 0.1) is 5.92 Å². The standard InChI is InChI=1S/C14H19N3S2/c1-2-10-7-11-12(16-14(15)17-13(11)19-10)18-8-9-5-3-4-6-9/h7,9H,2-6,8H2,1H3,(H2,15,16,17). The van der Waals surface area contributed by atoms with Gasteiger partial charge in [-0.2, -0.15) is 0 Å². The summed E-state index contributed by atoms with van der Waals surface area (Å²) in [5, 5.41) is 2.27. The van der Waals surface area contributed by atoms with Crippen molar-refractivity contribution in [2.24, 2.45) is 5.92 Å². The Morgan fingerprint density at radius 1 is 1.37 bits per heavy atom. The lowest BCUT2D eigenvalue weighted by Crippen LogP contribution is -1.99. The molecule has 0 radical (unpaired) electrons. The molecule has 2 aromatic rings. The van der Waals surface area contributed by atoms with Crippen LogP contribution < -0.4 is 5.73 Å². The van der Waals surface area contributed by atoms with Crippen LogP contribution in [0.3, 0.4) is 0 Å². The van der Waals surface area contributed by atoms with Gasteiger partial charge in [-0.15, -0.1) is 23.1 Å². The van der Waals surface area contributed by atoms with Crippen LogP contribution in [0.4, 0.5) is 5.95 Å². The number of aromatic nitrogens is 2. The van der Waals surface area contributed by atoms with E-state index in [2.05, 4.69) is 23.0 Å². The van der Waals surface area contributed by atoms with E-state index in [1.807, 2.05) is 11.8 Å². The van der Waals surface area contributed by atoms with E-state index in [1.165, 1.54) is 41.7 Å². The molecule has 1 aliphatic carbocycles. The second kappa shape index (κ2) is 5.67. The van der Waals surface area contributed by atoms with Crippen molar-refractivity contribution in [3.05, 3.63) is 10.9 Å². The molecule has 0 saturated heterocycles. The number of fused-ring (bicyclic) bond motifs is 1. The highest BCUT2D eigenvalue weighted by Crippen LogP contribution is 2.35. The molecule has 1 saturated carbocycles. The molecule has 0 amide bonds. The summed E-state index contributed by atoms with van der Waals surface area (Å²) in [5.74, 6) is 2.44. The lowest BCUT2D eigenvalue weighted by molar-refractivity contribution is 0.623. The van der Waals surface area contributed by atoms with Crippen molar-refractivity contribution in [1.82, 2.24) is 9.97 Å². The van der Waals surface area contributed by atoms with Crippen LogP contribution in [0.25, 0.3) is 10.2 Å². The maximum Gasteiger partial charge on any atom is 0.222 e. The number of thiophene rings is 1. The van der Waals surface area contributed by atoms with Gasteiger partial charge in [-0.25, -0.2) is 9.97 Å². The molecule has 2 heterocycles. The predicted octanol–water partition coefficient (Wildman–Crippen LogP) is 4.12. The first-order chi connectivity index (χ1) is 9.26. The highest BCUT2D eigenvalue weighted by molar-refractivity contribution is 7.99. The van der Waals surface area contributed by atoms with Crippen molar-refractivity contribution in [2.45, 2.75) is 44.1 Å². The number of nitrogen functional groups attached to an aromatic ring is 1. The normalized spacial score (nSPS) is 16.5. The average molecular weight is 293 g/mol. The highest BCUT2D eigenvalue weighted by Gasteiger charge is 2.17. The molecule has 0 aliphatic heterocycles. The van der Waals surface area contributed by atoms with E-state index in [9.17, 15) is 0 Å². The molecule has 0 unspecified atom stereocenters. The first-order valence-electron chi connectivity index (χ1n) is 6.95. The van der Waals surface area contributed by atoms with Gasteiger partial charge in [0.15, 0.2) is 0 Å². The molecule has 3 nitrogen and oxygen atoms in total. The maximum atomic E-state index is 5.83. The maximum absolute atomic E-state index is 5.83. The van der Waals surface area contributed by atoms with Gasteiger partial charge in [-0.1, -0.05) is 19.8 Å². The Morgan fingerprint density at radius 3 is 2.89 bits per heavy atom. The summed E-state index contributed by atoms with van der Waals surface area (Å²) in [6, 6.07) is 2.23. The van der Waals surface area contributed by atoms with E-state index in [0.29, 0.717) is 5.95 Å². The summed E-state index contributed by atoms with van der Waals surface area (Å²) in [6.07, 6.45) is 6.59. The topological polar surface area (TPSA) is 51.8 Å². The van der Waals surface area contributed by atoms with Crippen molar-refractivity contribution in [3.63, 3.8) is 0 Å². The Morgan fingerprint density at radius 2 is 2.16 bits per heavy atom. The molecule has 5 heteroatoms. The zero-order chi connectivity index (χ0) is 13.2. The van der Waals surface area contributed by atoms with Crippen molar-refractivity contribution in [2.75, 3.05) is 11.5 Å². The zero-order valence-corrected chi connectivity index (χ0v) is 12.8. The molecule has 1 aliphatic rings. The minimum absolute atomic E-state index is 0.408. The third kappa shape index (κ3) is 2.87. The molecule has 2 N–H and O–H groups in total. The molecule has 1 fully saturated rings. The van der Waals surface area contributed by atoms with Gasteiger partial charge >= 0.3 is 0 Å². The fourth-order valence-corrected chi connectivity index (χ4v) is 4.85. The minimum Gasteiger partial charge on any atom is -0.368 e. The predicted molar refractivity (Wildman–Crippen MR) is 83.9 cm³/mol. The summed E-state index contributed by atoms with van der Waals surface area (Å²) in [5.41, 5.74) is 5.83. The van der Waals surface area contributed by atoms with Crippen molar-refractivity contribution in [1.29, 1.82) is 0 Å². The molecule has 0 bridgehead atoms. The third-order valence-electron chi connectivity index (χ3n) is 3.71. The van der Waals surface area contributed by atoms with E-state index >= 15 is 0 Å². The molecular weight excluding hydrogens is 274 g/mol. The van der Waals surface area contributed by atoms with Gasteiger partial charge in [0, 0.05) is 16.0 Å². The van der Waals surface area contributed by atoms with E-state index < -0.39 is 0 Å². The highest BCUT2D eigenvalue weighted by atomic mass is 32.2. The van der Waals surface area contributed by atoms with Crippen LogP contribution in [0.5, 0.6) is 0 Å². The number of rotatable bonds is 4. The van der Waals surface area contributed by atoms with Gasteiger partial charge in [0.25, 0.3) is 0 Å². The number of aryl methyl sites for hydroxylation is 1. The molecule has 0 spiro atoms. The minimum atomic E-state index is 0.408. The lowest BCUT2D eigenvalue weighted by atomic mass is 10.1. The number of hydrogen-bond donors (Lipinski definition) is 1. The fraction of sp³-hybridized carbons (Fsp3) is 0.571. The summed E-state index contributed by atoms with van der Waals surface area (Å²) >= 11 is 3.60. The first kappa shape index (κ1) is 13.2. The van der Waals surface area contributed by atoms with Gasteiger partial charge in [0.05, 0.1) is 0 Å². The quantitative estimate of drug-likeness (QED) is 0.680. The van der Waals surface area contributed by atoms with E-state index in [-0.39, 0.29) is 0 Å². The van der Waals surface area contributed by atoms with Crippen LogP contribution in [0.15, 0.2) is 11.1 Å². The average Bonchev–Trinajstić information content (AvgIpc) is 3.04. The van der Waals surface area contributed by atoms with Gasteiger partial charge in [0.1, 0.15) is 9.86 Å². The number of nitrogens with zero attached hydrogens (tertiary/aromatic N) is 2. The second-order valence-electron chi connectivity index (χ2n) is 5.13. The monoisotopic (exact) mass is 293 g/mol. The van der Waals surface area contributed by atoms with Crippen molar-refractivity contribution < 1.29 is 0 Å². The molecule has 3 rings (SSSR count). The van der Waals surface area contributed by atoms with Crippen LogP contribution in [-0.4, -0.2) is 15.7 Å². The second-order valence-corrected chi connectivity index (χ2v) is 7.26. The summed E-state index contributed by atoms with van der Waals surface area (Å²) in [4.78, 5) is 11.2. The fourth-order valence-electron chi connectivity index (χ4n) is 2.62. The molecular formula is C14H19N3S2. The smallest absolute Gasteiger partial charge is 0.222 e. The Hall–Kier alpha value is -0.810. The SMILES string of the molecule is CCc1cc2c(SCC3CCCC3)nc(N)nc2s1. The van der Waals surface area contributed by atoms with Gasteiger partial charge < -0.3 is 5.73 Å². The Kier molecular flexibility index (Phi) is 3.93. The lowest BCUT2D eigenvalue weighted by Gasteiger charge is -2.08. The summed E-state index contributed by atoms with van der Waals surface area (Å²) < 4.78 is 0. The van der Waals surface area contributed by atoms with Gasteiger partial charge in [-0.3, -0.25) is 0 Å². The number of thioether (sulfide) groups is 1. The van der Waals surface area contributed by atoms with Crippen molar-refractivity contribution >= 4 is 39.3 Å². The molecule has 2 aromatic heterocycles. The number of hydrogen-bond acceptors (Lipinski definition) is 5. The van der Waals surface area contributed by atoms with Gasteiger partial charge in [-0.05, 0) is 31.2 Å². The first-order valence-corrected chi connectivity index (χ1v) is 8.75. The summed E-state index contributed by atoms with van der Waals surface area (Å²) in [6.45, 7) is 2.17. The van der Waals surface area contributed by atoms with E-state index in [1.54, 1.807) is 11.3 Å². The number of nitrogens with two attached hydrogens (primary N) is 1. The third-order valence-corrected chi connectivity index (χ3v) is 6.10. The summed E-state index contributed by atoms with van der Waals surface area (Å²) in [7, 11) is 0. The Labute approximate surface area is 122 Å². The van der Waals surface area contributed by atoms with Crippen LogP contribution >= 0.6 is 23.1 Å². The zero-order valence-electron chi connectivity index (χ0n) is 11.2. The number of anilines is 1. The Bertz CT molecular complexity index is 573. The van der Waals surface area contributed by atoms with Crippen molar-refractivity contribution in [3.8, 4) is 0 Å². The molecule has 19 heavy (non-hydrogen) atoms. The van der Waals surface area contributed by atoms with Crippen LogP contribution in [0.2, 0.25) is 0 Å².